The summed E-state index contributed by atoms with van der Waals surface area (Å²) in [7, 11) is 0. The van der Waals surface area contributed by atoms with Crippen LogP contribution in [0.15, 0.2) is 22.7 Å². The van der Waals surface area contributed by atoms with Crippen LogP contribution in [0.3, 0.4) is 0 Å². The van der Waals surface area contributed by atoms with Crippen LogP contribution in [0.1, 0.15) is 30.3 Å². The van der Waals surface area contributed by atoms with Gasteiger partial charge in [-0.05, 0) is 19.1 Å². The smallest absolute Gasteiger partial charge is 0.223 e. The molecule has 2 aromatic rings. The van der Waals surface area contributed by atoms with Gasteiger partial charge in [0, 0.05) is 18.6 Å². The highest BCUT2D eigenvalue weighted by atomic mass is 19.1. The molecule has 0 radical (unpaired) electrons. The lowest BCUT2D eigenvalue weighted by molar-refractivity contribution is 0.193. The summed E-state index contributed by atoms with van der Waals surface area (Å²) in [4.78, 5) is 3.96. The number of aliphatic hydroxyl groups excluding tert-OH is 1. The first-order valence-electron chi connectivity index (χ1n) is 5.46. The summed E-state index contributed by atoms with van der Waals surface area (Å²) < 4.78 is 23.6. The molecule has 0 unspecified atom stereocenters. The highest BCUT2D eigenvalue weighted by Crippen LogP contribution is 2.22. The zero-order chi connectivity index (χ0) is 13.1. The van der Waals surface area contributed by atoms with Gasteiger partial charge in [0.2, 0.25) is 11.7 Å². The molecule has 1 aromatic heterocycles. The molecular formula is C12H13FN2O3. The molecule has 0 amide bonds. The minimum absolute atomic E-state index is 0.102. The summed E-state index contributed by atoms with van der Waals surface area (Å²) >= 11 is 0. The van der Waals surface area contributed by atoms with Gasteiger partial charge >= 0.3 is 0 Å². The van der Waals surface area contributed by atoms with Crippen molar-refractivity contribution < 1.29 is 18.8 Å². The predicted octanol–water partition coefficient (Wildman–Crippen LogP) is 2.15. The Morgan fingerprint density at radius 3 is 2.83 bits per heavy atom. The van der Waals surface area contributed by atoms with Crippen LogP contribution in [0, 0.1) is 12.7 Å². The molecule has 1 heterocycles. The van der Waals surface area contributed by atoms with E-state index in [9.17, 15) is 9.50 Å². The van der Waals surface area contributed by atoms with E-state index in [0.717, 1.165) is 0 Å². The van der Waals surface area contributed by atoms with Gasteiger partial charge in [-0.1, -0.05) is 5.16 Å². The van der Waals surface area contributed by atoms with Crippen molar-refractivity contribution in [3.8, 4) is 5.75 Å². The Morgan fingerprint density at radius 1 is 1.50 bits per heavy atom. The molecular weight excluding hydrogens is 239 g/mol. The molecule has 2 rings (SSSR count). The molecule has 0 aliphatic carbocycles. The first-order valence-corrected chi connectivity index (χ1v) is 5.46. The standard InChI is InChI=1S/C12H13FN2O3/c1-7(16)10-4-3-9(5-11(10)13)17-6-12-14-8(2)18-15-12/h3-5,7,16H,6H2,1-2H3/t7-/m0/s1. The first-order chi connectivity index (χ1) is 8.56. The minimum atomic E-state index is -0.848. The topological polar surface area (TPSA) is 68.4 Å². The van der Waals surface area contributed by atoms with Crippen LogP contribution in [0.2, 0.25) is 0 Å². The van der Waals surface area contributed by atoms with Crippen molar-refractivity contribution in [1.29, 1.82) is 0 Å². The third-order valence-electron chi connectivity index (χ3n) is 2.36. The van der Waals surface area contributed by atoms with E-state index in [1.165, 1.54) is 19.1 Å². The molecule has 1 aromatic carbocycles. The molecule has 0 fully saturated rings. The number of aliphatic hydroxyl groups is 1. The van der Waals surface area contributed by atoms with Gasteiger partial charge in [-0.2, -0.15) is 4.98 Å². The van der Waals surface area contributed by atoms with Crippen LogP contribution >= 0.6 is 0 Å². The predicted molar refractivity (Wildman–Crippen MR) is 60.4 cm³/mol. The fourth-order valence-corrected chi connectivity index (χ4v) is 1.48. The fraction of sp³-hybridized carbons (Fsp3) is 0.333. The lowest BCUT2D eigenvalue weighted by Crippen LogP contribution is -2.00. The molecule has 0 bridgehead atoms. The molecule has 96 valence electrons. The molecule has 0 spiro atoms. The zero-order valence-electron chi connectivity index (χ0n) is 10.1. The maximum Gasteiger partial charge on any atom is 0.223 e. The van der Waals surface area contributed by atoms with Gasteiger partial charge in [0.25, 0.3) is 0 Å². The Kier molecular flexibility index (Phi) is 3.57. The van der Waals surface area contributed by atoms with Gasteiger partial charge in [0.05, 0.1) is 6.10 Å². The van der Waals surface area contributed by atoms with Crippen molar-refractivity contribution in [3.63, 3.8) is 0 Å². The number of benzene rings is 1. The number of hydrogen-bond acceptors (Lipinski definition) is 5. The average molecular weight is 252 g/mol. The number of aromatic nitrogens is 2. The zero-order valence-corrected chi connectivity index (χ0v) is 10.1. The molecule has 6 heteroatoms. The van der Waals surface area contributed by atoms with Gasteiger partial charge in [-0.25, -0.2) is 4.39 Å². The Hall–Kier alpha value is -1.95. The van der Waals surface area contributed by atoms with Crippen LogP contribution in [-0.4, -0.2) is 15.2 Å². The summed E-state index contributed by atoms with van der Waals surface area (Å²) in [5.41, 5.74) is 0.234. The summed E-state index contributed by atoms with van der Waals surface area (Å²) in [5, 5.41) is 12.9. The van der Waals surface area contributed by atoms with E-state index in [-0.39, 0.29) is 12.2 Å². The van der Waals surface area contributed by atoms with Gasteiger partial charge < -0.3 is 14.4 Å². The maximum absolute atomic E-state index is 13.5. The third-order valence-corrected chi connectivity index (χ3v) is 2.36. The average Bonchev–Trinajstić information content (AvgIpc) is 2.72. The number of halogens is 1. The quantitative estimate of drug-likeness (QED) is 0.902. The molecule has 0 saturated carbocycles. The van der Waals surface area contributed by atoms with Crippen molar-refractivity contribution in [3.05, 3.63) is 41.3 Å². The number of nitrogens with zero attached hydrogens (tertiary/aromatic N) is 2. The normalized spacial score (nSPS) is 12.4. The molecule has 1 N–H and O–H groups in total. The van der Waals surface area contributed by atoms with Crippen LogP contribution in [0.25, 0.3) is 0 Å². The fourth-order valence-electron chi connectivity index (χ4n) is 1.48. The minimum Gasteiger partial charge on any atom is -0.485 e. The van der Waals surface area contributed by atoms with Crippen molar-refractivity contribution in [2.75, 3.05) is 0 Å². The van der Waals surface area contributed by atoms with E-state index in [2.05, 4.69) is 10.1 Å². The molecule has 0 aliphatic rings. The second-order valence-electron chi connectivity index (χ2n) is 3.88. The van der Waals surface area contributed by atoms with Crippen LogP contribution in [-0.2, 0) is 6.61 Å². The van der Waals surface area contributed by atoms with Crippen molar-refractivity contribution in [1.82, 2.24) is 10.1 Å². The maximum atomic E-state index is 13.5. The van der Waals surface area contributed by atoms with Crippen molar-refractivity contribution in [2.24, 2.45) is 0 Å². The Balaban J connectivity index is 2.04. The monoisotopic (exact) mass is 252 g/mol. The number of rotatable bonds is 4. The molecule has 0 saturated heterocycles. The summed E-state index contributed by atoms with van der Waals surface area (Å²) in [6.07, 6.45) is -0.848. The molecule has 1 atom stereocenters. The second kappa shape index (κ2) is 5.14. The highest BCUT2D eigenvalue weighted by molar-refractivity contribution is 5.30. The van der Waals surface area contributed by atoms with Crippen molar-refractivity contribution >= 4 is 0 Å². The van der Waals surface area contributed by atoms with E-state index in [4.69, 9.17) is 9.26 Å². The highest BCUT2D eigenvalue weighted by Gasteiger charge is 2.10. The molecule has 0 aliphatic heterocycles. The van der Waals surface area contributed by atoms with Crippen LogP contribution < -0.4 is 4.74 Å². The van der Waals surface area contributed by atoms with Crippen LogP contribution in [0.5, 0.6) is 5.75 Å². The summed E-state index contributed by atoms with van der Waals surface area (Å²) in [6, 6.07) is 4.28. The number of hydrogen-bond donors (Lipinski definition) is 1. The van der Waals surface area contributed by atoms with Gasteiger partial charge in [0.1, 0.15) is 11.6 Å². The van der Waals surface area contributed by atoms with E-state index in [1.807, 2.05) is 0 Å². The summed E-state index contributed by atoms with van der Waals surface area (Å²) in [5.74, 6) is 0.683. The Labute approximate surface area is 103 Å². The van der Waals surface area contributed by atoms with E-state index in [1.54, 1.807) is 13.0 Å². The number of aryl methyl sites for hydroxylation is 1. The van der Waals surface area contributed by atoms with Gasteiger partial charge in [-0.15, -0.1) is 0 Å². The third kappa shape index (κ3) is 2.84. The Bertz CT molecular complexity index is 540. The Morgan fingerprint density at radius 2 is 2.28 bits per heavy atom. The SMILES string of the molecule is Cc1nc(COc2ccc([C@H](C)O)c(F)c2)no1. The van der Waals surface area contributed by atoms with Gasteiger partial charge in [-0.3, -0.25) is 0 Å². The largest absolute Gasteiger partial charge is 0.485 e. The van der Waals surface area contributed by atoms with E-state index < -0.39 is 11.9 Å². The second-order valence-corrected chi connectivity index (χ2v) is 3.88. The van der Waals surface area contributed by atoms with E-state index in [0.29, 0.717) is 17.5 Å². The summed E-state index contributed by atoms with van der Waals surface area (Å²) in [6.45, 7) is 3.28. The van der Waals surface area contributed by atoms with Crippen LogP contribution in [0.4, 0.5) is 4.39 Å². The molecule has 5 nitrogen and oxygen atoms in total. The van der Waals surface area contributed by atoms with E-state index >= 15 is 0 Å². The van der Waals surface area contributed by atoms with Gasteiger partial charge in [0.15, 0.2) is 6.61 Å². The molecule has 18 heavy (non-hydrogen) atoms. The lowest BCUT2D eigenvalue weighted by Gasteiger charge is -2.08. The lowest BCUT2D eigenvalue weighted by atomic mass is 10.1. The first kappa shape index (κ1) is 12.5. The van der Waals surface area contributed by atoms with Crippen molar-refractivity contribution in [2.45, 2.75) is 26.6 Å². The number of ether oxygens (including phenoxy) is 1.